The molecule has 2 aliphatic rings. The minimum atomic E-state index is 0.763. The van der Waals surface area contributed by atoms with Gasteiger partial charge in [0.1, 0.15) is 0 Å². The maximum absolute atomic E-state index is 13.0. The van der Waals surface area contributed by atoms with Gasteiger partial charge >= 0.3 is 0 Å². The van der Waals surface area contributed by atoms with Crippen LogP contribution in [0.1, 0.15) is 30.0 Å². The van der Waals surface area contributed by atoms with Crippen molar-refractivity contribution in [3.8, 4) is 0 Å². The van der Waals surface area contributed by atoms with Crippen molar-refractivity contribution in [3.63, 3.8) is 0 Å². The first kappa shape index (κ1) is 11.1. The van der Waals surface area contributed by atoms with Crippen molar-refractivity contribution in [1.82, 2.24) is 0 Å². The Hall–Kier alpha value is -1.37. The molecule has 0 heterocycles. The van der Waals surface area contributed by atoms with Crippen molar-refractivity contribution in [1.29, 1.82) is 0 Å². The molecule has 1 aromatic carbocycles. The number of allylic oxidation sites excluding steroid dienone is 2. The molecule has 3 rings (SSSR count). The second-order valence-corrected chi connectivity index (χ2v) is 4.31. The minimum Gasteiger partial charge on any atom is -0.215 e. The van der Waals surface area contributed by atoms with Crippen LogP contribution >= 0.6 is 0 Å². The molecule has 0 aliphatic heterocycles. The molecule has 0 spiro atoms. The van der Waals surface area contributed by atoms with Gasteiger partial charge in [0.05, 0.1) is 6.33 Å². The van der Waals surface area contributed by atoms with Crippen LogP contribution in [0.15, 0.2) is 18.2 Å². The largest absolute Gasteiger partial charge is 0.215 e. The Kier molecular flexibility index (Phi) is 3.23. The van der Waals surface area contributed by atoms with Gasteiger partial charge in [0, 0.05) is 5.22 Å². The number of benzene rings is 1. The zero-order chi connectivity index (χ0) is 11.5. The van der Waals surface area contributed by atoms with Crippen LogP contribution in [-0.2, 0) is 12.8 Å². The third-order valence-corrected chi connectivity index (χ3v) is 3.27. The fraction of sp³-hybridized carbons (Fsp3) is 0.333. The highest BCUT2D eigenvalue weighted by Crippen LogP contribution is 2.13. The summed E-state index contributed by atoms with van der Waals surface area (Å²) in [4.78, 5) is 0. The number of hydrogen-bond acceptors (Lipinski definition) is 0. The molecule has 1 heteroatoms. The number of fused-ring (bicyclic) bond motifs is 4. The molecule has 16 heavy (non-hydrogen) atoms. The number of aryl methyl sites for hydroxylation is 2. The van der Waals surface area contributed by atoms with Gasteiger partial charge in [0.2, 0.25) is 0 Å². The molecule has 0 nitrogen and oxygen atoms in total. The fourth-order valence-corrected chi connectivity index (χ4v) is 2.48. The lowest BCUT2D eigenvalue weighted by atomic mass is 10.0. The molecule has 0 N–H and O–H groups in total. The summed E-state index contributed by atoms with van der Waals surface area (Å²) in [6.45, 7) is 4.10. The summed E-state index contributed by atoms with van der Waals surface area (Å²) in [5, 5.41) is 1.87. The van der Waals surface area contributed by atoms with Gasteiger partial charge in [-0.05, 0) is 55.0 Å². The molecule has 0 radical (unpaired) electrons. The van der Waals surface area contributed by atoms with E-state index in [9.17, 15) is 4.39 Å². The van der Waals surface area contributed by atoms with Gasteiger partial charge in [-0.3, -0.25) is 0 Å². The maximum atomic E-state index is 13.0. The fourth-order valence-electron chi connectivity index (χ4n) is 2.48. The number of hydrogen-bond donors (Lipinski definition) is 0. The van der Waals surface area contributed by atoms with Crippen LogP contribution in [0.2, 0.25) is 0 Å². The molecular weight excluding hydrogens is 199 g/mol. The Balaban J connectivity index is 2.87. The molecule has 0 saturated heterocycles. The maximum Gasteiger partial charge on any atom is 0.0948 e. The predicted octanol–water partition coefficient (Wildman–Crippen LogP) is 2.55. The Morgan fingerprint density at radius 3 is 2.75 bits per heavy atom. The van der Waals surface area contributed by atoms with Gasteiger partial charge in [-0.1, -0.05) is 24.3 Å². The SMILES string of the molecule is C/C=C/C=c1/c2c(C)cc(/c1=C\F)CCC2. The van der Waals surface area contributed by atoms with Crippen molar-refractivity contribution >= 4 is 12.4 Å². The van der Waals surface area contributed by atoms with Crippen LogP contribution in [0.25, 0.3) is 12.4 Å². The van der Waals surface area contributed by atoms with Crippen molar-refractivity contribution in [2.24, 2.45) is 0 Å². The summed E-state index contributed by atoms with van der Waals surface area (Å²) in [6, 6.07) is 2.14. The lowest BCUT2D eigenvalue weighted by molar-refractivity contribution is 0.793. The normalized spacial score (nSPS) is 17.4. The molecule has 0 aromatic heterocycles. The topological polar surface area (TPSA) is 0 Å². The summed E-state index contributed by atoms with van der Waals surface area (Å²) >= 11 is 0. The first-order chi connectivity index (χ1) is 7.77. The van der Waals surface area contributed by atoms with Crippen molar-refractivity contribution in [2.75, 3.05) is 0 Å². The second kappa shape index (κ2) is 4.65. The molecule has 0 unspecified atom stereocenters. The Morgan fingerprint density at radius 1 is 1.25 bits per heavy atom. The Bertz CT molecular complexity index is 536. The van der Waals surface area contributed by atoms with Crippen molar-refractivity contribution < 1.29 is 4.39 Å². The smallest absolute Gasteiger partial charge is 0.0948 e. The average molecular weight is 216 g/mol. The molecule has 2 aliphatic carbocycles. The first-order valence-electron chi connectivity index (χ1n) is 5.82. The monoisotopic (exact) mass is 216 g/mol. The number of halogens is 1. The summed E-state index contributed by atoms with van der Waals surface area (Å²) in [5.41, 5.74) is 3.76. The van der Waals surface area contributed by atoms with Gasteiger partial charge in [0.15, 0.2) is 0 Å². The van der Waals surface area contributed by atoms with Crippen LogP contribution in [0.3, 0.4) is 0 Å². The van der Waals surface area contributed by atoms with Gasteiger partial charge in [-0.2, -0.15) is 0 Å². The molecule has 2 bridgehead atoms. The van der Waals surface area contributed by atoms with Crippen LogP contribution in [0.4, 0.5) is 4.39 Å². The van der Waals surface area contributed by atoms with E-state index in [4.69, 9.17) is 0 Å². The minimum absolute atomic E-state index is 0.763. The van der Waals surface area contributed by atoms with E-state index in [0.717, 1.165) is 41.6 Å². The van der Waals surface area contributed by atoms with E-state index in [1.807, 2.05) is 25.2 Å². The standard InChI is InChI=1S/C15H17F/c1-3-4-7-14-13-8-5-6-12(9-11(13)2)15(14)10-16/h3-4,7,9-10H,5-6,8H2,1-2H3/b4-3+,14-7-,15-10+. The van der Waals surface area contributed by atoms with Crippen LogP contribution in [-0.4, -0.2) is 0 Å². The summed E-state index contributed by atoms with van der Waals surface area (Å²) < 4.78 is 13.0. The highest BCUT2D eigenvalue weighted by atomic mass is 19.1. The Labute approximate surface area is 95.8 Å². The van der Waals surface area contributed by atoms with E-state index in [-0.39, 0.29) is 0 Å². The molecule has 0 saturated carbocycles. The zero-order valence-corrected chi connectivity index (χ0v) is 9.89. The summed E-state index contributed by atoms with van der Waals surface area (Å²) in [6.07, 6.45) is 9.94. The van der Waals surface area contributed by atoms with Gasteiger partial charge in [-0.15, -0.1) is 0 Å². The number of rotatable bonds is 1. The van der Waals surface area contributed by atoms with Crippen LogP contribution < -0.4 is 10.4 Å². The van der Waals surface area contributed by atoms with Crippen molar-refractivity contribution in [3.05, 3.63) is 45.3 Å². The van der Waals surface area contributed by atoms with E-state index in [2.05, 4.69) is 13.0 Å². The molecule has 0 atom stereocenters. The lowest BCUT2D eigenvalue weighted by Gasteiger charge is -2.04. The Morgan fingerprint density at radius 2 is 2.06 bits per heavy atom. The van der Waals surface area contributed by atoms with E-state index in [1.165, 1.54) is 11.1 Å². The average Bonchev–Trinajstić information content (AvgIpc) is 2.56. The third-order valence-electron chi connectivity index (χ3n) is 3.27. The zero-order valence-electron chi connectivity index (χ0n) is 9.89. The van der Waals surface area contributed by atoms with E-state index < -0.39 is 0 Å². The highest BCUT2D eigenvalue weighted by molar-refractivity contribution is 5.47. The lowest BCUT2D eigenvalue weighted by Crippen LogP contribution is -2.30. The van der Waals surface area contributed by atoms with Crippen molar-refractivity contribution in [2.45, 2.75) is 33.1 Å². The van der Waals surface area contributed by atoms with E-state index in [0.29, 0.717) is 0 Å². The molecule has 0 amide bonds. The quantitative estimate of drug-likeness (QED) is 0.677. The van der Waals surface area contributed by atoms with E-state index >= 15 is 0 Å². The summed E-state index contributed by atoms with van der Waals surface area (Å²) in [5.74, 6) is 0. The van der Waals surface area contributed by atoms with Gasteiger partial charge in [-0.25, -0.2) is 4.39 Å². The first-order valence-corrected chi connectivity index (χ1v) is 5.82. The van der Waals surface area contributed by atoms with Crippen LogP contribution in [0.5, 0.6) is 0 Å². The van der Waals surface area contributed by atoms with Crippen LogP contribution in [0, 0.1) is 6.92 Å². The summed E-state index contributed by atoms with van der Waals surface area (Å²) in [7, 11) is 0. The molecule has 0 fully saturated rings. The highest BCUT2D eigenvalue weighted by Gasteiger charge is 2.11. The molecular formula is C15H17F. The van der Waals surface area contributed by atoms with Gasteiger partial charge in [0.25, 0.3) is 0 Å². The van der Waals surface area contributed by atoms with E-state index in [1.54, 1.807) is 0 Å². The predicted molar refractivity (Wildman–Crippen MR) is 67.3 cm³/mol. The van der Waals surface area contributed by atoms with Gasteiger partial charge < -0.3 is 0 Å². The molecule has 1 aromatic rings. The molecule has 84 valence electrons. The third kappa shape index (κ3) is 1.82. The second-order valence-electron chi connectivity index (χ2n) is 4.31.